The molecule has 1 saturated heterocycles. The zero-order valence-corrected chi connectivity index (χ0v) is 6.99. The number of rotatable bonds is 3. The minimum absolute atomic E-state index is 0.477. The summed E-state index contributed by atoms with van der Waals surface area (Å²) >= 11 is 0. The van der Waals surface area contributed by atoms with Gasteiger partial charge >= 0.3 is 0 Å². The summed E-state index contributed by atoms with van der Waals surface area (Å²) in [6.07, 6.45) is 3.39. The molecule has 62 valence electrons. The van der Waals surface area contributed by atoms with E-state index in [0.717, 1.165) is 13.0 Å². The number of ether oxygens (including phenoxy) is 1. The van der Waals surface area contributed by atoms with Gasteiger partial charge in [0, 0.05) is 6.42 Å². The van der Waals surface area contributed by atoms with Gasteiger partial charge in [-0.1, -0.05) is 36.9 Å². The second kappa shape index (κ2) is 3.11. The molecular formula is C11H12O. The molecule has 1 fully saturated rings. The Kier molecular flexibility index (Phi) is 1.96. The van der Waals surface area contributed by atoms with Crippen molar-refractivity contribution < 1.29 is 4.74 Å². The van der Waals surface area contributed by atoms with E-state index in [1.165, 1.54) is 11.1 Å². The zero-order valence-electron chi connectivity index (χ0n) is 6.99. The summed E-state index contributed by atoms with van der Waals surface area (Å²) in [4.78, 5) is 0. The van der Waals surface area contributed by atoms with Crippen molar-refractivity contribution in [1.29, 1.82) is 0 Å². The Balaban J connectivity index is 2.13. The number of hydrogen-bond donors (Lipinski definition) is 0. The summed E-state index contributed by atoms with van der Waals surface area (Å²) in [5.74, 6) is 0. The summed E-state index contributed by atoms with van der Waals surface area (Å²) in [5.41, 5.74) is 2.53. The molecule has 0 spiro atoms. The van der Waals surface area contributed by atoms with Crippen LogP contribution in [0.15, 0.2) is 30.8 Å². The average molecular weight is 160 g/mol. The molecule has 1 unspecified atom stereocenters. The quantitative estimate of drug-likeness (QED) is 0.618. The van der Waals surface area contributed by atoms with Gasteiger partial charge in [-0.25, -0.2) is 0 Å². The molecule has 0 amide bonds. The molecule has 2 rings (SSSR count). The summed E-state index contributed by atoms with van der Waals surface area (Å²) in [6, 6.07) is 8.42. The van der Waals surface area contributed by atoms with Gasteiger partial charge in [0.15, 0.2) is 0 Å². The van der Waals surface area contributed by atoms with E-state index >= 15 is 0 Å². The first kappa shape index (κ1) is 7.56. The fourth-order valence-corrected chi connectivity index (χ4v) is 1.30. The van der Waals surface area contributed by atoms with Gasteiger partial charge in [-0.3, -0.25) is 0 Å². The highest BCUT2D eigenvalue weighted by Crippen LogP contribution is 2.17. The predicted octanol–water partition coefficient (Wildman–Crippen LogP) is 2.27. The molecule has 1 heteroatoms. The van der Waals surface area contributed by atoms with Gasteiger partial charge in [0.25, 0.3) is 0 Å². The second-order valence-corrected chi connectivity index (χ2v) is 3.11. The van der Waals surface area contributed by atoms with E-state index in [1.807, 2.05) is 6.08 Å². The van der Waals surface area contributed by atoms with Crippen LogP contribution in [0, 0.1) is 0 Å². The lowest BCUT2D eigenvalue weighted by Crippen LogP contribution is -1.92. The number of benzene rings is 1. The first-order chi connectivity index (χ1) is 5.88. The van der Waals surface area contributed by atoms with Crippen molar-refractivity contribution >= 4 is 6.08 Å². The summed E-state index contributed by atoms with van der Waals surface area (Å²) in [6.45, 7) is 4.66. The van der Waals surface area contributed by atoms with E-state index in [-0.39, 0.29) is 0 Å². The SMILES string of the molecule is C=Cc1cccc(CC2CO2)c1. The molecule has 0 aromatic heterocycles. The van der Waals surface area contributed by atoms with Gasteiger partial charge in [-0.15, -0.1) is 0 Å². The minimum Gasteiger partial charge on any atom is -0.373 e. The van der Waals surface area contributed by atoms with Crippen molar-refractivity contribution in [2.45, 2.75) is 12.5 Å². The van der Waals surface area contributed by atoms with Crippen LogP contribution in [-0.2, 0) is 11.2 Å². The van der Waals surface area contributed by atoms with Crippen LogP contribution in [0.4, 0.5) is 0 Å². The van der Waals surface area contributed by atoms with E-state index in [0.29, 0.717) is 6.10 Å². The van der Waals surface area contributed by atoms with Gasteiger partial charge in [-0.05, 0) is 11.1 Å². The maximum atomic E-state index is 5.16. The Bertz CT molecular complexity index is 287. The Morgan fingerprint density at radius 3 is 3.08 bits per heavy atom. The smallest absolute Gasteiger partial charge is 0.0850 e. The van der Waals surface area contributed by atoms with Crippen molar-refractivity contribution in [3.63, 3.8) is 0 Å². The minimum atomic E-state index is 0.477. The Labute approximate surface area is 72.7 Å². The highest BCUT2D eigenvalue weighted by atomic mass is 16.6. The van der Waals surface area contributed by atoms with Crippen molar-refractivity contribution in [3.05, 3.63) is 42.0 Å². The van der Waals surface area contributed by atoms with Gasteiger partial charge in [0.1, 0.15) is 0 Å². The van der Waals surface area contributed by atoms with E-state index in [2.05, 4.69) is 30.8 Å². The van der Waals surface area contributed by atoms with Crippen molar-refractivity contribution in [3.8, 4) is 0 Å². The lowest BCUT2D eigenvalue weighted by Gasteiger charge is -1.98. The van der Waals surface area contributed by atoms with Crippen molar-refractivity contribution in [2.24, 2.45) is 0 Å². The van der Waals surface area contributed by atoms with Gasteiger partial charge in [0.05, 0.1) is 12.7 Å². The molecular weight excluding hydrogens is 148 g/mol. The van der Waals surface area contributed by atoms with Crippen LogP contribution in [-0.4, -0.2) is 12.7 Å². The van der Waals surface area contributed by atoms with Crippen LogP contribution in [0.2, 0.25) is 0 Å². The molecule has 0 saturated carbocycles. The summed E-state index contributed by atoms with van der Waals surface area (Å²) in [7, 11) is 0. The Morgan fingerprint density at radius 2 is 2.42 bits per heavy atom. The molecule has 1 aliphatic heterocycles. The third-order valence-corrected chi connectivity index (χ3v) is 2.05. The third-order valence-electron chi connectivity index (χ3n) is 2.05. The fourth-order valence-electron chi connectivity index (χ4n) is 1.30. The molecule has 1 aromatic rings. The van der Waals surface area contributed by atoms with Gasteiger partial charge < -0.3 is 4.74 Å². The first-order valence-electron chi connectivity index (χ1n) is 4.21. The van der Waals surface area contributed by atoms with Crippen LogP contribution in [0.3, 0.4) is 0 Å². The van der Waals surface area contributed by atoms with Crippen LogP contribution in [0.5, 0.6) is 0 Å². The molecule has 1 atom stereocenters. The number of hydrogen-bond acceptors (Lipinski definition) is 1. The fraction of sp³-hybridized carbons (Fsp3) is 0.273. The average Bonchev–Trinajstić information content (AvgIpc) is 2.89. The maximum absolute atomic E-state index is 5.16. The van der Waals surface area contributed by atoms with Crippen molar-refractivity contribution in [1.82, 2.24) is 0 Å². The standard InChI is InChI=1S/C11H12O/c1-2-9-4-3-5-10(6-9)7-11-8-12-11/h2-6,11H,1,7-8H2. The molecule has 1 heterocycles. The van der Waals surface area contributed by atoms with Crippen LogP contribution < -0.4 is 0 Å². The second-order valence-electron chi connectivity index (χ2n) is 3.11. The molecule has 0 bridgehead atoms. The van der Waals surface area contributed by atoms with E-state index in [9.17, 15) is 0 Å². The third kappa shape index (κ3) is 1.74. The Morgan fingerprint density at radius 1 is 1.58 bits per heavy atom. The molecule has 0 radical (unpaired) electrons. The van der Waals surface area contributed by atoms with E-state index < -0.39 is 0 Å². The van der Waals surface area contributed by atoms with Crippen molar-refractivity contribution in [2.75, 3.05) is 6.61 Å². The highest BCUT2D eigenvalue weighted by Gasteiger charge is 2.22. The maximum Gasteiger partial charge on any atom is 0.0850 e. The normalized spacial score (nSPS) is 20.5. The summed E-state index contributed by atoms with van der Waals surface area (Å²) in [5, 5.41) is 0. The van der Waals surface area contributed by atoms with Crippen LogP contribution in [0.1, 0.15) is 11.1 Å². The lowest BCUT2D eigenvalue weighted by molar-refractivity contribution is 0.407. The molecule has 1 nitrogen and oxygen atoms in total. The zero-order chi connectivity index (χ0) is 8.39. The van der Waals surface area contributed by atoms with Gasteiger partial charge in [0.2, 0.25) is 0 Å². The van der Waals surface area contributed by atoms with Crippen LogP contribution >= 0.6 is 0 Å². The molecule has 1 aromatic carbocycles. The first-order valence-corrected chi connectivity index (χ1v) is 4.21. The molecule has 1 aliphatic rings. The van der Waals surface area contributed by atoms with Crippen LogP contribution in [0.25, 0.3) is 6.08 Å². The molecule has 12 heavy (non-hydrogen) atoms. The molecule has 0 N–H and O–H groups in total. The largest absolute Gasteiger partial charge is 0.373 e. The monoisotopic (exact) mass is 160 g/mol. The van der Waals surface area contributed by atoms with E-state index in [4.69, 9.17) is 4.74 Å². The summed E-state index contributed by atoms with van der Waals surface area (Å²) < 4.78 is 5.16. The Hall–Kier alpha value is -1.08. The lowest BCUT2D eigenvalue weighted by atomic mass is 10.1. The topological polar surface area (TPSA) is 12.5 Å². The van der Waals surface area contributed by atoms with Gasteiger partial charge in [-0.2, -0.15) is 0 Å². The number of epoxide rings is 1. The van der Waals surface area contributed by atoms with E-state index in [1.54, 1.807) is 0 Å². The predicted molar refractivity (Wildman–Crippen MR) is 50.0 cm³/mol. The molecule has 0 aliphatic carbocycles. The highest BCUT2D eigenvalue weighted by molar-refractivity contribution is 5.48.